The quantitative estimate of drug-likeness (QED) is 0.160. The highest BCUT2D eigenvalue weighted by Crippen LogP contribution is 2.23. The highest BCUT2D eigenvalue weighted by Gasteiger charge is 2.08. The molecule has 0 saturated carbocycles. The van der Waals surface area contributed by atoms with Gasteiger partial charge in [-0.15, -0.1) is 11.8 Å². The Morgan fingerprint density at radius 2 is 1.50 bits per heavy atom. The Morgan fingerprint density at radius 3 is 2.07 bits per heavy atom. The van der Waals surface area contributed by atoms with Gasteiger partial charge in [-0.05, 0) is 65.5 Å². The third-order valence-electron chi connectivity index (χ3n) is 3.91. The number of carboxylic acids is 1. The zero-order valence-electron chi connectivity index (χ0n) is 16.6. The van der Waals surface area contributed by atoms with Gasteiger partial charge >= 0.3 is 5.97 Å². The average molecular weight is 628 g/mol. The summed E-state index contributed by atoms with van der Waals surface area (Å²) in [5, 5.41) is 9.20. The molecule has 0 spiro atoms. The fourth-order valence-electron chi connectivity index (χ4n) is 2.38. The van der Waals surface area contributed by atoms with Crippen LogP contribution in [0.1, 0.15) is 71.2 Å². The lowest BCUT2D eigenvalue weighted by Crippen LogP contribution is -1.98. The summed E-state index contributed by atoms with van der Waals surface area (Å²) in [6.45, 7) is 8.63. The van der Waals surface area contributed by atoms with E-state index in [1.165, 1.54) is 16.7 Å². The van der Waals surface area contributed by atoms with Crippen molar-refractivity contribution in [2.24, 2.45) is 0 Å². The van der Waals surface area contributed by atoms with Crippen molar-refractivity contribution in [3.63, 3.8) is 0 Å². The molecule has 0 unspecified atom stereocenters. The summed E-state index contributed by atoms with van der Waals surface area (Å²) in [5.74, 6) is -0.0584. The van der Waals surface area contributed by atoms with Crippen molar-refractivity contribution in [2.45, 2.75) is 65.7 Å². The molecule has 158 valence electrons. The first-order chi connectivity index (χ1) is 12.9. The number of hydrogen-bond acceptors (Lipinski definition) is 2. The minimum Gasteiger partial charge on any atom is -0.478 e. The molecule has 0 aromatic heterocycles. The Hall–Kier alpha value is -0.280. The Bertz CT molecular complexity index is 660. The minimum atomic E-state index is -0.863. The first-order valence-corrected chi connectivity index (χ1v) is 16.2. The van der Waals surface area contributed by atoms with E-state index in [0.29, 0.717) is 5.56 Å². The summed E-state index contributed by atoms with van der Waals surface area (Å²) in [6.07, 6.45) is 11.2. The first kappa shape index (κ1) is 29.9. The smallest absolute Gasteiger partial charge is 0.336 e. The van der Waals surface area contributed by atoms with Crippen LogP contribution in [0.5, 0.6) is 0 Å². The number of allylic oxidation sites excluding steroid dienone is 5. The molecule has 0 bridgehead atoms. The zero-order valence-corrected chi connectivity index (χ0v) is 21.7. The highest BCUT2D eigenvalue weighted by atomic mass is 128. The number of aromatic carboxylic acids is 1. The van der Waals surface area contributed by atoms with Crippen LogP contribution in [0.4, 0.5) is 0 Å². The lowest BCUT2D eigenvalue weighted by atomic mass is 10.1. The maximum Gasteiger partial charge on any atom is 0.336 e. The van der Waals surface area contributed by atoms with Gasteiger partial charge in [0.1, 0.15) is 0 Å². The van der Waals surface area contributed by atoms with Crippen molar-refractivity contribution < 1.29 is 9.90 Å². The summed E-state index contributed by atoms with van der Waals surface area (Å²) in [6, 6.07) is 7.18. The van der Waals surface area contributed by atoms with E-state index in [0.717, 1.165) is 36.3 Å². The number of rotatable bonds is 10. The third-order valence-corrected chi connectivity index (χ3v) is 4.91. The van der Waals surface area contributed by atoms with Crippen LogP contribution < -0.4 is 0 Å². The number of benzene rings is 1. The predicted octanol–water partition coefficient (Wildman–Crippen LogP) is 9.30. The largest absolute Gasteiger partial charge is 0.478 e. The van der Waals surface area contributed by atoms with Crippen molar-refractivity contribution in [2.75, 3.05) is 5.75 Å². The summed E-state index contributed by atoms with van der Waals surface area (Å²) < 4.78 is 0. The number of carbonyl (C=O) groups is 1. The molecule has 0 aliphatic heterocycles. The van der Waals surface area contributed by atoms with Gasteiger partial charge in [-0.3, -0.25) is 0 Å². The maximum atomic E-state index is 11.2. The van der Waals surface area contributed by atoms with Crippen LogP contribution in [0.3, 0.4) is 0 Å². The summed E-state index contributed by atoms with van der Waals surface area (Å²) in [4.78, 5) is 12.0. The summed E-state index contributed by atoms with van der Waals surface area (Å²) in [5.41, 5.74) is 4.57. The Balaban J connectivity index is 0. The molecular weight excluding hydrogens is 594 g/mol. The van der Waals surface area contributed by atoms with E-state index >= 15 is 0 Å². The molecule has 0 heterocycles. The fraction of sp³-hybridized carbons (Fsp3) is 0.435. The topological polar surface area (TPSA) is 37.3 Å². The van der Waals surface area contributed by atoms with Gasteiger partial charge in [0.25, 0.3) is 0 Å². The lowest BCUT2D eigenvalue weighted by molar-refractivity contribution is 0.0693. The molecule has 0 amide bonds. The first-order valence-electron chi connectivity index (χ1n) is 8.94. The summed E-state index contributed by atoms with van der Waals surface area (Å²) >= 11 is 5.82. The molecule has 1 rings (SSSR count). The number of thioether (sulfide) groups is 1. The molecule has 1 N–H and O–H groups in total. The second kappa shape index (κ2) is 18.7. The van der Waals surface area contributed by atoms with Crippen LogP contribution in [0.15, 0.2) is 64.1 Å². The van der Waals surface area contributed by atoms with Gasteiger partial charge in [0, 0.05) is 47.9 Å². The van der Waals surface area contributed by atoms with Gasteiger partial charge in [-0.1, -0.05) is 54.5 Å². The molecule has 2 nitrogen and oxygen atoms in total. The third kappa shape index (κ3) is 14.7. The van der Waals surface area contributed by atoms with Crippen LogP contribution >= 0.6 is 49.0 Å². The molecule has 28 heavy (non-hydrogen) atoms. The summed E-state index contributed by atoms with van der Waals surface area (Å²) in [7, 11) is 0. The molecular formula is C23H34I2O2S. The van der Waals surface area contributed by atoms with Crippen LogP contribution in [0, 0.1) is 0 Å². The molecule has 0 aliphatic rings. The SMILES string of the molecule is C.CC(C)=CCC/C(C)=C/CC/C(C)=C/CSc1ccccc1C(=O)O.II. The van der Waals surface area contributed by atoms with E-state index in [4.69, 9.17) is 0 Å². The van der Waals surface area contributed by atoms with Crippen LogP contribution in [-0.2, 0) is 0 Å². The molecule has 0 aliphatic carbocycles. The standard InChI is InChI=1S/C22H30O2S.CH4.I2/c1-17(2)9-7-10-18(3)11-8-12-19(4)15-16-25-21-14-6-5-13-20(21)22(23)24;;1-2/h5-6,9,11,13-15H,7-8,10,12,16H2,1-4H3,(H,23,24);1H4;/b18-11+,19-15+;;. The Kier molecular flexibility index (Phi) is 20.0. The lowest BCUT2D eigenvalue weighted by Gasteiger charge is -2.04. The van der Waals surface area contributed by atoms with Gasteiger partial charge in [-0.2, -0.15) is 0 Å². The van der Waals surface area contributed by atoms with E-state index in [9.17, 15) is 9.90 Å². The molecule has 0 atom stereocenters. The number of halogens is 2. The van der Waals surface area contributed by atoms with Gasteiger partial charge < -0.3 is 5.11 Å². The van der Waals surface area contributed by atoms with E-state index in [2.05, 4.69) is 83.2 Å². The van der Waals surface area contributed by atoms with Gasteiger partial charge in [0.05, 0.1) is 5.56 Å². The molecule has 5 heteroatoms. The van der Waals surface area contributed by atoms with Gasteiger partial charge in [0.2, 0.25) is 0 Å². The van der Waals surface area contributed by atoms with Gasteiger partial charge in [-0.25, -0.2) is 4.79 Å². The van der Waals surface area contributed by atoms with E-state index in [-0.39, 0.29) is 7.43 Å². The van der Waals surface area contributed by atoms with Crippen molar-refractivity contribution in [1.29, 1.82) is 0 Å². The van der Waals surface area contributed by atoms with Gasteiger partial charge in [0.15, 0.2) is 0 Å². The molecule has 1 aromatic carbocycles. The average Bonchev–Trinajstić information content (AvgIpc) is 2.63. The minimum absolute atomic E-state index is 0. The van der Waals surface area contributed by atoms with Crippen molar-refractivity contribution >= 4 is 55.0 Å². The van der Waals surface area contributed by atoms with Crippen molar-refractivity contribution in [1.82, 2.24) is 0 Å². The van der Waals surface area contributed by atoms with E-state index < -0.39 is 5.97 Å². The number of hydrogen-bond donors (Lipinski definition) is 1. The molecule has 0 radical (unpaired) electrons. The molecule has 1 aromatic rings. The van der Waals surface area contributed by atoms with E-state index in [1.807, 2.05) is 12.1 Å². The van der Waals surface area contributed by atoms with Crippen molar-refractivity contribution in [3.05, 3.63) is 64.8 Å². The van der Waals surface area contributed by atoms with Crippen LogP contribution in [-0.4, -0.2) is 16.8 Å². The molecule has 0 saturated heterocycles. The van der Waals surface area contributed by atoms with Crippen LogP contribution in [0.25, 0.3) is 0 Å². The van der Waals surface area contributed by atoms with Crippen molar-refractivity contribution in [3.8, 4) is 0 Å². The number of carboxylic acid groups (broad SMARTS) is 1. The zero-order chi connectivity index (χ0) is 20.7. The maximum absolute atomic E-state index is 11.2. The fourth-order valence-corrected chi connectivity index (χ4v) is 3.41. The van der Waals surface area contributed by atoms with Crippen LogP contribution in [0.2, 0.25) is 0 Å². The monoisotopic (exact) mass is 628 g/mol. The Labute approximate surface area is 199 Å². The normalized spacial score (nSPS) is 11.1. The second-order valence-corrected chi connectivity index (χ2v) is 7.63. The molecule has 0 fully saturated rings. The second-order valence-electron chi connectivity index (χ2n) is 6.57. The van der Waals surface area contributed by atoms with E-state index in [1.54, 1.807) is 23.9 Å². The Morgan fingerprint density at radius 1 is 0.964 bits per heavy atom. The predicted molar refractivity (Wildman–Crippen MR) is 144 cm³/mol. The highest BCUT2D eigenvalue weighted by molar-refractivity contribution is 15.0.